The maximum absolute atomic E-state index is 13.1. The number of ether oxygens (including phenoxy) is 4. The number of phosphoric acid groups is 2. The average Bonchev–Trinajstić information content (AvgIpc) is 0.985. The molecular weight excluding hydrogens is 1310 g/mol. The summed E-state index contributed by atoms with van der Waals surface area (Å²) in [6.45, 7) is 4.54. The minimum absolute atomic E-state index is 0.0369. The van der Waals surface area contributed by atoms with Crippen LogP contribution in [-0.4, -0.2) is 96.7 Å². The molecule has 17 nitrogen and oxygen atoms in total. The second-order valence-corrected chi connectivity index (χ2v) is 28.4. The van der Waals surface area contributed by atoms with Gasteiger partial charge in [0.05, 0.1) is 26.4 Å². The monoisotopic (exact) mass is 1440 g/mol. The van der Waals surface area contributed by atoms with E-state index in [0.717, 1.165) is 167 Å². The Morgan fingerprint density at radius 3 is 0.840 bits per heavy atom. The lowest BCUT2D eigenvalue weighted by molar-refractivity contribution is -0.161. The van der Waals surface area contributed by atoms with Gasteiger partial charge in [0.1, 0.15) is 19.3 Å². The number of rotatable bonds is 72. The molecule has 0 aromatic rings. The van der Waals surface area contributed by atoms with Gasteiger partial charge >= 0.3 is 39.5 Å². The highest BCUT2D eigenvalue weighted by molar-refractivity contribution is 7.47. The Morgan fingerprint density at radius 2 is 0.520 bits per heavy atom. The maximum atomic E-state index is 13.1. The fourth-order valence-corrected chi connectivity index (χ4v) is 11.6. The first-order valence-electron chi connectivity index (χ1n) is 38.8. The molecule has 0 saturated carbocycles. The predicted molar refractivity (Wildman–Crippen MR) is 408 cm³/mol. The highest BCUT2D eigenvalue weighted by Crippen LogP contribution is 2.45. The molecule has 5 atom stereocenters. The van der Waals surface area contributed by atoms with Crippen molar-refractivity contribution in [3.8, 4) is 0 Å². The van der Waals surface area contributed by atoms with Crippen LogP contribution in [0.3, 0.4) is 0 Å². The smallest absolute Gasteiger partial charge is 0.462 e. The van der Waals surface area contributed by atoms with Crippen LogP contribution in [0, 0.1) is 0 Å². The Labute approximate surface area is 606 Å². The van der Waals surface area contributed by atoms with E-state index in [1.54, 1.807) is 0 Å². The van der Waals surface area contributed by atoms with Crippen molar-refractivity contribution in [2.75, 3.05) is 39.6 Å². The molecule has 0 aliphatic rings. The van der Waals surface area contributed by atoms with Gasteiger partial charge in [0.15, 0.2) is 12.2 Å². The lowest BCUT2D eigenvalue weighted by atomic mass is 10.1. The number of carbonyl (C=O) groups is 4. The lowest BCUT2D eigenvalue weighted by Gasteiger charge is -2.21. The second kappa shape index (κ2) is 72.8. The molecule has 0 spiro atoms. The molecule has 0 radical (unpaired) electrons. The minimum Gasteiger partial charge on any atom is -0.462 e. The molecular formula is C81H138O17P2. The average molecular weight is 1450 g/mol. The van der Waals surface area contributed by atoms with Crippen molar-refractivity contribution in [1.82, 2.24) is 0 Å². The van der Waals surface area contributed by atoms with Crippen LogP contribution in [0.15, 0.2) is 122 Å². The number of unbranched alkanes of at least 4 members (excludes halogenated alkanes) is 26. The highest BCUT2D eigenvalue weighted by Gasteiger charge is 2.30. The summed E-state index contributed by atoms with van der Waals surface area (Å²) in [5, 5.41) is 10.6. The number of aliphatic hydroxyl groups excluding tert-OH is 1. The van der Waals surface area contributed by atoms with Crippen LogP contribution in [0.1, 0.15) is 310 Å². The summed E-state index contributed by atoms with van der Waals surface area (Å²) in [5.41, 5.74) is 0. The Bertz CT molecular complexity index is 2370. The Morgan fingerprint density at radius 1 is 0.290 bits per heavy atom. The molecule has 3 N–H and O–H groups in total. The number of phosphoric ester groups is 2. The van der Waals surface area contributed by atoms with E-state index in [1.807, 2.05) is 0 Å². The van der Waals surface area contributed by atoms with Crippen LogP contribution in [0.4, 0.5) is 0 Å². The largest absolute Gasteiger partial charge is 0.472 e. The van der Waals surface area contributed by atoms with Gasteiger partial charge in [-0.2, -0.15) is 0 Å². The maximum Gasteiger partial charge on any atom is 0.472 e. The topological polar surface area (TPSA) is 237 Å². The summed E-state index contributed by atoms with van der Waals surface area (Å²) >= 11 is 0. The van der Waals surface area contributed by atoms with E-state index in [4.69, 9.17) is 37.0 Å². The van der Waals surface area contributed by atoms with Gasteiger partial charge < -0.3 is 33.8 Å². The van der Waals surface area contributed by atoms with Crippen molar-refractivity contribution < 1.29 is 80.2 Å². The predicted octanol–water partition coefficient (Wildman–Crippen LogP) is 22.3. The summed E-state index contributed by atoms with van der Waals surface area (Å²) in [7, 11) is -9.97. The van der Waals surface area contributed by atoms with Gasteiger partial charge in [-0.15, -0.1) is 0 Å². The fraction of sp³-hybridized carbons (Fsp3) is 0.704. The highest BCUT2D eigenvalue weighted by atomic mass is 31.2. The third-order valence-corrected chi connectivity index (χ3v) is 17.8. The normalized spacial score (nSPS) is 14.6. The van der Waals surface area contributed by atoms with Gasteiger partial charge in [0.25, 0.3) is 0 Å². The van der Waals surface area contributed by atoms with E-state index in [1.165, 1.54) is 57.8 Å². The molecule has 0 aliphatic heterocycles. The third-order valence-electron chi connectivity index (χ3n) is 15.9. The van der Waals surface area contributed by atoms with Crippen LogP contribution in [0.5, 0.6) is 0 Å². The molecule has 0 amide bonds. The van der Waals surface area contributed by atoms with Crippen LogP contribution in [0.25, 0.3) is 0 Å². The second-order valence-electron chi connectivity index (χ2n) is 25.5. The zero-order valence-corrected chi connectivity index (χ0v) is 64.4. The molecule has 0 heterocycles. The summed E-state index contributed by atoms with van der Waals surface area (Å²) in [6, 6.07) is 0. The molecule has 0 aliphatic carbocycles. The first-order valence-corrected chi connectivity index (χ1v) is 41.8. The van der Waals surface area contributed by atoms with Gasteiger partial charge in [-0.1, -0.05) is 271 Å². The Balaban J connectivity index is 5.37. The van der Waals surface area contributed by atoms with Crippen molar-refractivity contribution in [3.63, 3.8) is 0 Å². The molecule has 19 heteroatoms. The molecule has 0 rings (SSSR count). The van der Waals surface area contributed by atoms with E-state index in [-0.39, 0.29) is 25.7 Å². The van der Waals surface area contributed by atoms with E-state index < -0.39 is 97.5 Å². The number of hydrogen-bond acceptors (Lipinski definition) is 15. The molecule has 574 valence electrons. The van der Waals surface area contributed by atoms with Gasteiger partial charge in [0.2, 0.25) is 0 Å². The summed E-state index contributed by atoms with van der Waals surface area (Å²) in [4.78, 5) is 72.9. The number of aliphatic hydroxyl groups is 1. The first-order chi connectivity index (χ1) is 48.7. The number of carbonyl (C=O) groups excluding carboxylic acids is 4. The van der Waals surface area contributed by atoms with Gasteiger partial charge in [-0.05, 0) is 135 Å². The Kier molecular flexibility index (Phi) is 69.5. The van der Waals surface area contributed by atoms with E-state index in [2.05, 4.69) is 149 Å². The van der Waals surface area contributed by atoms with Crippen LogP contribution in [-0.2, 0) is 65.4 Å². The first kappa shape index (κ1) is 95.5. The van der Waals surface area contributed by atoms with Crippen molar-refractivity contribution in [3.05, 3.63) is 122 Å². The fourth-order valence-electron chi connectivity index (χ4n) is 10.1. The molecule has 100 heavy (non-hydrogen) atoms. The van der Waals surface area contributed by atoms with Crippen molar-refractivity contribution in [2.24, 2.45) is 0 Å². The molecule has 0 aromatic carbocycles. The van der Waals surface area contributed by atoms with Gasteiger partial charge in [-0.3, -0.25) is 37.3 Å². The van der Waals surface area contributed by atoms with Gasteiger partial charge in [0, 0.05) is 25.7 Å². The number of allylic oxidation sites excluding steroid dienone is 20. The van der Waals surface area contributed by atoms with E-state index >= 15 is 0 Å². The van der Waals surface area contributed by atoms with E-state index in [9.17, 15) is 43.2 Å². The summed E-state index contributed by atoms with van der Waals surface area (Å²) in [5.74, 6) is -2.25. The molecule has 5 unspecified atom stereocenters. The molecule has 0 bridgehead atoms. The molecule has 0 aromatic heterocycles. The standard InChI is InChI=1S/C81H138O17P2/c1-5-9-13-17-21-25-29-32-35-36-37-38-41-43-47-50-54-58-62-66-79(84)92-72-77(98-81(86)68-64-60-56-52-48-44-40-34-31-27-23-19-15-11-7-3)74-96-100(89,90)94-70-75(82)69-93-99(87,88)95-73-76(97-80(85)67-63-59-55-51-45-28-24-20-16-12-8-4)71-91-78(83)65-61-57-53-49-46-42-39-33-30-26-22-18-14-10-6-2/h9,11,13,15,21-23,25-27,32-35,37-40,48,52,75-77,82H,5-8,10,12,14,16-20,24,28-31,36,41-47,49-51,53-74H2,1-4H3,(H,87,88)(H,89,90)/b13-9-,15-11-,25-21-,26-22-,27-23-,35-32-,38-37-,39-33-,40-34-,52-48-. The van der Waals surface area contributed by atoms with Crippen LogP contribution >= 0.6 is 15.6 Å². The zero-order chi connectivity index (χ0) is 73.2. The molecule has 0 fully saturated rings. The van der Waals surface area contributed by atoms with Crippen molar-refractivity contribution in [2.45, 2.75) is 329 Å². The quantitative estimate of drug-likeness (QED) is 0.0169. The van der Waals surface area contributed by atoms with Crippen molar-refractivity contribution in [1.29, 1.82) is 0 Å². The van der Waals surface area contributed by atoms with Crippen LogP contribution < -0.4 is 0 Å². The van der Waals surface area contributed by atoms with Gasteiger partial charge in [-0.25, -0.2) is 9.13 Å². The minimum atomic E-state index is -4.99. The summed E-state index contributed by atoms with van der Waals surface area (Å²) < 4.78 is 68.4. The van der Waals surface area contributed by atoms with Crippen LogP contribution in [0.2, 0.25) is 0 Å². The zero-order valence-electron chi connectivity index (χ0n) is 62.6. The summed E-state index contributed by atoms with van der Waals surface area (Å²) in [6.07, 6.45) is 79.0. The molecule has 0 saturated heterocycles. The number of hydrogen-bond donors (Lipinski definition) is 3. The third kappa shape index (κ3) is 71.8. The van der Waals surface area contributed by atoms with E-state index in [0.29, 0.717) is 32.1 Å². The van der Waals surface area contributed by atoms with Crippen molar-refractivity contribution >= 4 is 39.5 Å². The number of esters is 4. The lowest BCUT2D eigenvalue weighted by Crippen LogP contribution is -2.30. The SMILES string of the molecule is CC/C=C\C/C=C\C/C=C\C/C=C\CCCCCCCCC(=O)OCC(COP(=O)(O)OCC(O)COP(=O)(O)OCC(COC(=O)CCCCCCC/C=C\C/C=C\CCCCC)OC(=O)CCCCCCCCCCCCC)OC(=O)CCCC/C=C\C/C=C\C/C=C\C/C=C\CC. The Hall–Kier alpha value is -4.54.